The molecule has 2 aromatic heterocycles. The predicted octanol–water partition coefficient (Wildman–Crippen LogP) is 2.34. The van der Waals surface area contributed by atoms with Gasteiger partial charge in [0.2, 0.25) is 5.88 Å². The Morgan fingerprint density at radius 2 is 2.25 bits per heavy atom. The van der Waals surface area contributed by atoms with Crippen LogP contribution in [0, 0.1) is 0 Å². The number of nitrogens with zero attached hydrogens (tertiary/aromatic N) is 2. The molecule has 0 spiro atoms. The lowest BCUT2D eigenvalue weighted by molar-refractivity contribution is 0.0521. The van der Waals surface area contributed by atoms with Gasteiger partial charge in [-0.1, -0.05) is 6.07 Å². The highest BCUT2D eigenvalue weighted by atomic mass is 32.1. The summed E-state index contributed by atoms with van der Waals surface area (Å²) in [5, 5.41) is 3.85. The van der Waals surface area contributed by atoms with Crippen molar-refractivity contribution in [2.24, 2.45) is 0 Å². The van der Waals surface area contributed by atoms with Crippen molar-refractivity contribution < 1.29 is 14.3 Å². The summed E-state index contributed by atoms with van der Waals surface area (Å²) in [5.41, 5.74) is 2.91. The van der Waals surface area contributed by atoms with Crippen LogP contribution >= 0.6 is 11.3 Å². The Bertz CT molecular complexity index is 568. The third kappa shape index (κ3) is 3.45. The van der Waals surface area contributed by atoms with E-state index in [-0.39, 0.29) is 0 Å². The van der Waals surface area contributed by atoms with Gasteiger partial charge in [0.25, 0.3) is 0 Å². The van der Waals surface area contributed by atoms with Gasteiger partial charge in [-0.3, -0.25) is 0 Å². The molecule has 1 N–H and O–H groups in total. The molecule has 2 aromatic rings. The first-order valence-electron chi connectivity index (χ1n) is 6.08. The van der Waals surface area contributed by atoms with E-state index in [0.717, 1.165) is 5.56 Å². The third-order valence-corrected chi connectivity index (χ3v) is 3.28. The van der Waals surface area contributed by atoms with Crippen LogP contribution in [-0.2, 0) is 11.3 Å². The molecule has 6 nitrogen and oxygen atoms in total. The maximum atomic E-state index is 11.7. The second kappa shape index (κ2) is 6.85. The van der Waals surface area contributed by atoms with Crippen molar-refractivity contribution in [3.8, 4) is 5.88 Å². The number of carbonyl (C=O) groups excluding carboxylic acids is 1. The average Bonchev–Trinajstić information content (AvgIpc) is 2.94. The Morgan fingerprint density at radius 1 is 1.40 bits per heavy atom. The number of hydrogen-bond donors (Lipinski definition) is 1. The van der Waals surface area contributed by atoms with Gasteiger partial charge < -0.3 is 14.8 Å². The molecule has 0 saturated carbocycles. The highest BCUT2D eigenvalue weighted by Crippen LogP contribution is 2.22. The maximum absolute atomic E-state index is 11.7. The Kier molecular flexibility index (Phi) is 4.89. The van der Waals surface area contributed by atoms with E-state index >= 15 is 0 Å². The van der Waals surface area contributed by atoms with Crippen LogP contribution in [0.2, 0.25) is 0 Å². The summed E-state index contributed by atoms with van der Waals surface area (Å²) in [6, 6.07) is 3.69. The monoisotopic (exact) mass is 293 g/mol. The van der Waals surface area contributed by atoms with Crippen LogP contribution in [0.1, 0.15) is 23.0 Å². The SMILES string of the molecule is CCOC(=O)c1ncsc1NCc1ccc(OC)nc1. The van der Waals surface area contributed by atoms with Gasteiger partial charge in [-0.2, -0.15) is 0 Å². The normalized spacial score (nSPS) is 10.1. The fourth-order valence-electron chi connectivity index (χ4n) is 1.54. The summed E-state index contributed by atoms with van der Waals surface area (Å²) >= 11 is 1.36. The molecule has 7 heteroatoms. The van der Waals surface area contributed by atoms with Gasteiger partial charge in [0.15, 0.2) is 5.69 Å². The van der Waals surface area contributed by atoms with E-state index in [0.29, 0.717) is 29.7 Å². The number of hydrogen-bond acceptors (Lipinski definition) is 7. The van der Waals surface area contributed by atoms with Crippen molar-refractivity contribution in [3.63, 3.8) is 0 Å². The van der Waals surface area contributed by atoms with Crippen LogP contribution < -0.4 is 10.1 Å². The van der Waals surface area contributed by atoms with Gasteiger partial charge in [0, 0.05) is 18.8 Å². The molecule has 106 valence electrons. The first-order chi connectivity index (χ1) is 9.74. The van der Waals surface area contributed by atoms with Gasteiger partial charge in [-0.05, 0) is 12.5 Å². The van der Waals surface area contributed by atoms with Crippen LogP contribution in [-0.4, -0.2) is 29.7 Å². The summed E-state index contributed by atoms with van der Waals surface area (Å²) in [7, 11) is 1.57. The van der Waals surface area contributed by atoms with Gasteiger partial charge in [0.05, 0.1) is 19.2 Å². The summed E-state index contributed by atoms with van der Waals surface area (Å²) in [5.74, 6) is 0.155. The Morgan fingerprint density at radius 3 is 2.90 bits per heavy atom. The van der Waals surface area contributed by atoms with Crippen molar-refractivity contribution in [1.82, 2.24) is 9.97 Å². The Hall–Kier alpha value is -2.15. The zero-order valence-corrected chi connectivity index (χ0v) is 12.1. The minimum atomic E-state index is -0.413. The van der Waals surface area contributed by atoms with E-state index < -0.39 is 5.97 Å². The molecule has 0 amide bonds. The summed E-state index contributed by atoms with van der Waals surface area (Å²) in [6.07, 6.45) is 1.72. The molecule has 2 rings (SSSR count). The van der Waals surface area contributed by atoms with Crippen LogP contribution in [0.5, 0.6) is 5.88 Å². The van der Waals surface area contributed by atoms with E-state index in [1.807, 2.05) is 6.07 Å². The minimum Gasteiger partial charge on any atom is -0.481 e. The third-order valence-electron chi connectivity index (χ3n) is 2.50. The fraction of sp³-hybridized carbons (Fsp3) is 0.308. The van der Waals surface area contributed by atoms with Crippen molar-refractivity contribution in [2.75, 3.05) is 19.0 Å². The number of thiazole rings is 1. The lowest BCUT2D eigenvalue weighted by atomic mass is 10.3. The number of nitrogens with one attached hydrogen (secondary N) is 1. The molecule has 0 aliphatic rings. The zero-order chi connectivity index (χ0) is 14.4. The molecule has 0 aliphatic carbocycles. The highest BCUT2D eigenvalue weighted by Gasteiger charge is 2.15. The molecule has 0 aromatic carbocycles. The van der Waals surface area contributed by atoms with Crippen LogP contribution in [0.4, 0.5) is 5.00 Å². The first-order valence-corrected chi connectivity index (χ1v) is 6.96. The van der Waals surface area contributed by atoms with Gasteiger partial charge in [-0.25, -0.2) is 14.8 Å². The minimum absolute atomic E-state index is 0.318. The number of rotatable bonds is 6. The molecule has 0 bridgehead atoms. The van der Waals surface area contributed by atoms with Crippen LogP contribution in [0.15, 0.2) is 23.8 Å². The second-order valence-corrected chi connectivity index (χ2v) is 4.67. The summed E-state index contributed by atoms with van der Waals surface area (Å²) in [4.78, 5) is 19.8. The zero-order valence-electron chi connectivity index (χ0n) is 11.3. The van der Waals surface area contributed by atoms with Gasteiger partial charge in [0.1, 0.15) is 5.00 Å². The Balaban J connectivity index is 2.00. The summed E-state index contributed by atoms with van der Waals surface area (Å²) < 4.78 is 9.94. The lowest BCUT2D eigenvalue weighted by Gasteiger charge is -2.06. The first kappa shape index (κ1) is 14.3. The lowest BCUT2D eigenvalue weighted by Crippen LogP contribution is -2.09. The van der Waals surface area contributed by atoms with Crippen LogP contribution in [0.3, 0.4) is 0 Å². The second-order valence-electron chi connectivity index (χ2n) is 3.81. The number of pyridine rings is 1. The van der Waals surface area contributed by atoms with E-state index in [1.165, 1.54) is 11.3 Å². The van der Waals surface area contributed by atoms with E-state index in [9.17, 15) is 4.79 Å². The standard InChI is InChI=1S/C13H15N3O3S/c1-3-19-13(17)11-12(20-8-16-11)15-7-9-4-5-10(18-2)14-6-9/h4-6,8,15H,3,7H2,1-2H3. The van der Waals surface area contributed by atoms with Crippen LogP contribution in [0.25, 0.3) is 0 Å². The molecule has 0 saturated heterocycles. The molecule has 2 heterocycles. The molecule has 0 aliphatic heterocycles. The van der Waals surface area contributed by atoms with E-state index in [1.54, 1.807) is 31.8 Å². The fourth-order valence-corrected chi connectivity index (χ4v) is 2.20. The number of carbonyl (C=O) groups is 1. The van der Waals surface area contributed by atoms with Crippen molar-refractivity contribution in [1.29, 1.82) is 0 Å². The number of methoxy groups -OCH3 is 1. The topological polar surface area (TPSA) is 73.3 Å². The quantitative estimate of drug-likeness (QED) is 0.824. The number of esters is 1. The van der Waals surface area contributed by atoms with Gasteiger partial charge >= 0.3 is 5.97 Å². The molecule has 0 unspecified atom stereocenters. The summed E-state index contributed by atoms with van der Waals surface area (Å²) in [6.45, 7) is 2.64. The number of anilines is 1. The molecule has 0 atom stereocenters. The molecule has 0 radical (unpaired) electrons. The largest absolute Gasteiger partial charge is 0.481 e. The average molecular weight is 293 g/mol. The predicted molar refractivity (Wildman–Crippen MR) is 76.2 cm³/mol. The van der Waals surface area contributed by atoms with E-state index in [2.05, 4.69) is 15.3 Å². The highest BCUT2D eigenvalue weighted by molar-refractivity contribution is 7.14. The Labute approximate surface area is 120 Å². The maximum Gasteiger partial charge on any atom is 0.360 e. The molecule has 0 fully saturated rings. The molecular weight excluding hydrogens is 278 g/mol. The number of aromatic nitrogens is 2. The van der Waals surface area contributed by atoms with Gasteiger partial charge in [-0.15, -0.1) is 11.3 Å². The molecule has 20 heavy (non-hydrogen) atoms. The smallest absolute Gasteiger partial charge is 0.360 e. The van der Waals surface area contributed by atoms with Crippen molar-refractivity contribution in [3.05, 3.63) is 35.1 Å². The van der Waals surface area contributed by atoms with Crippen molar-refractivity contribution in [2.45, 2.75) is 13.5 Å². The van der Waals surface area contributed by atoms with Crippen molar-refractivity contribution >= 4 is 22.3 Å². The molecular formula is C13H15N3O3S. The van der Waals surface area contributed by atoms with E-state index in [4.69, 9.17) is 9.47 Å². The number of ether oxygens (including phenoxy) is 2.